The second kappa shape index (κ2) is 9.11. The fourth-order valence-electron chi connectivity index (χ4n) is 4.25. The van der Waals surface area contributed by atoms with Gasteiger partial charge >= 0.3 is 0 Å². The van der Waals surface area contributed by atoms with E-state index in [0.717, 1.165) is 11.8 Å². The summed E-state index contributed by atoms with van der Waals surface area (Å²) in [5, 5.41) is 4.22. The minimum atomic E-state index is -0.278. The molecule has 3 atom stereocenters. The zero-order valence-electron chi connectivity index (χ0n) is 16.5. The van der Waals surface area contributed by atoms with Gasteiger partial charge in [0, 0.05) is 11.8 Å². The van der Waals surface area contributed by atoms with Crippen LogP contribution in [0.2, 0.25) is 0 Å². The molecule has 2 aliphatic carbocycles. The molecule has 1 amide bonds. The topological polar surface area (TPSA) is 69.2 Å². The molecule has 6 nitrogen and oxygen atoms in total. The summed E-state index contributed by atoms with van der Waals surface area (Å²) < 4.78 is 17.0. The van der Waals surface area contributed by atoms with E-state index in [-0.39, 0.29) is 5.91 Å². The lowest BCUT2D eigenvalue weighted by Gasteiger charge is -2.17. The van der Waals surface area contributed by atoms with Crippen LogP contribution in [-0.4, -0.2) is 31.9 Å². The number of rotatable bonds is 9. The summed E-state index contributed by atoms with van der Waals surface area (Å²) in [5.41, 5.74) is 3.09. The van der Waals surface area contributed by atoms with Crippen LogP contribution in [0.1, 0.15) is 56.8 Å². The molecule has 0 aliphatic heterocycles. The van der Waals surface area contributed by atoms with E-state index < -0.39 is 0 Å². The summed E-state index contributed by atoms with van der Waals surface area (Å²) in [7, 11) is 0. The first-order chi connectivity index (χ1) is 13.2. The van der Waals surface area contributed by atoms with Gasteiger partial charge in [-0.25, -0.2) is 5.43 Å². The minimum absolute atomic E-state index is 0.278. The molecule has 3 rings (SSSR count). The Labute approximate surface area is 161 Å². The van der Waals surface area contributed by atoms with Crippen LogP contribution in [0.3, 0.4) is 0 Å². The maximum absolute atomic E-state index is 12.6. The molecule has 2 saturated carbocycles. The summed E-state index contributed by atoms with van der Waals surface area (Å²) in [5.74, 6) is 3.37. The summed E-state index contributed by atoms with van der Waals surface area (Å²) in [6.45, 7) is 7.11. The minimum Gasteiger partial charge on any atom is -0.490 e. The highest BCUT2D eigenvalue weighted by Crippen LogP contribution is 2.47. The van der Waals surface area contributed by atoms with Crippen LogP contribution in [0.5, 0.6) is 17.2 Å². The van der Waals surface area contributed by atoms with Crippen LogP contribution in [0.25, 0.3) is 0 Å². The van der Waals surface area contributed by atoms with Gasteiger partial charge in [0.15, 0.2) is 11.5 Å². The summed E-state index contributed by atoms with van der Waals surface area (Å²) in [4.78, 5) is 12.6. The average Bonchev–Trinajstić information content (AvgIpc) is 3.27. The van der Waals surface area contributed by atoms with Gasteiger partial charge in [0.25, 0.3) is 5.91 Å². The number of hydrogen-bond donors (Lipinski definition) is 1. The first-order valence-corrected chi connectivity index (χ1v) is 10.1. The number of nitrogens with one attached hydrogen (secondary N) is 1. The highest BCUT2D eigenvalue weighted by Gasteiger charge is 2.38. The molecule has 0 spiro atoms. The Kier molecular flexibility index (Phi) is 6.58. The summed E-state index contributed by atoms with van der Waals surface area (Å²) >= 11 is 0. The van der Waals surface area contributed by atoms with Gasteiger partial charge in [-0.05, 0) is 69.9 Å². The molecular formula is C21H30N2O4. The van der Waals surface area contributed by atoms with Crippen molar-refractivity contribution in [3.05, 3.63) is 17.7 Å². The fourth-order valence-corrected chi connectivity index (χ4v) is 4.25. The molecule has 0 radical (unpaired) electrons. The first-order valence-electron chi connectivity index (χ1n) is 10.1. The third-order valence-electron chi connectivity index (χ3n) is 5.40. The van der Waals surface area contributed by atoms with Crippen molar-refractivity contribution in [3.63, 3.8) is 0 Å². The van der Waals surface area contributed by atoms with Crippen LogP contribution < -0.4 is 19.6 Å². The lowest BCUT2D eigenvalue weighted by molar-refractivity contribution is 0.0953. The molecule has 1 N–H and O–H groups in total. The number of benzene rings is 1. The van der Waals surface area contributed by atoms with Crippen LogP contribution in [0.4, 0.5) is 0 Å². The van der Waals surface area contributed by atoms with Gasteiger partial charge < -0.3 is 14.2 Å². The SMILES string of the molecule is CCOc1cc(C(=O)N/N=C/C2CC3CCC2C3)cc(OCC)c1OCC. The van der Waals surface area contributed by atoms with Gasteiger partial charge in [0.05, 0.1) is 19.8 Å². The van der Waals surface area contributed by atoms with E-state index in [2.05, 4.69) is 10.5 Å². The van der Waals surface area contributed by atoms with Gasteiger partial charge in [0.2, 0.25) is 5.75 Å². The van der Waals surface area contributed by atoms with E-state index in [9.17, 15) is 4.79 Å². The monoisotopic (exact) mass is 374 g/mol. The molecule has 6 heteroatoms. The molecule has 0 aromatic heterocycles. The van der Waals surface area contributed by atoms with Crippen molar-refractivity contribution in [2.75, 3.05) is 19.8 Å². The summed E-state index contributed by atoms with van der Waals surface area (Å²) in [6, 6.07) is 3.36. The molecule has 2 bridgehead atoms. The van der Waals surface area contributed by atoms with E-state index in [1.165, 1.54) is 25.7 Å². The Hall–Kier alpha value is -2.24. The van der Waals surface area contributed by atoms with E-state index in [1.54, 1.807) is 12.1 Å². The average molecular weight is 374 g/mol. The lowest BCUT2D eigenvalue weighted by atomic mass is 9.90. The second-order valence-corrected chi connectivity index (χ2v) is 7.16. The molecule has 1 aromatic rings. The smallest absolute Gasteiger partial charge is 0.271 e. The number of carbonyl (C=O) groups excluding carboxylic acids is 1. The molecule has 0 heterocycles. The number of hydrazone groups is 1. The lowest BCUT2D eigenvalue weighted by Crippen LogP contribution is -2.20. The van der Waals surface area contributed by atoms with Crippen molar-refractivity contribution in [1.29, 1.82) is 0 Å². The van der Waals surface area contributed by atoms with Crippen LogP contribution in [0.15, 0.2) is 17.2 Å². The first kappa shape index (κ1) is 19.5. The number of hydrogen-bond acceptors (Lipinski definition) is 5. The predicted molar refractivity (Wildman–Crippen MR) is 105 cm³/mol. The van der Waals surface area contributed by atoms with E-state index in [1.807, 2.05) is 27.0 Å². The van der Waals surface area contributed by atoms with Crippen molar-refractivity contribution in [1.82, 2.24) is 5.43 Å². The predicted octanol–water partition coefficient (Wildman–Crippen LogP) is 4.03. The van der Waals surface area contributed by atoms with Crippen LogP contribution in [0, 0.1) is 17.8 Å². The van der Waals surface area contributed by atoms with Gasteiger partial charge in [0.1, 0.15) is 0 Å². The molecule has 3 unspecified atom stereocenters. The Morgan fingerprint density at radius 3 is 2.26 bits per heavy atom. The third kappa shape index (κ3) is 4.54. The Morgan fingerprint density at radius 2 is 1.74 bits per heavy atom. The molecule has 148 valence electrons. The van der Waals surface area contributed by atoms with Crippen molar-refractivity contribution in [3.8, 4) is 17.2 Å². The largest absolute Gasteiger partial charge is 0.490 e. The molecule has 2 aliphatic rings. The Morgan fingerprint density at radius 1 is 1.07 bits per heavy atom. The molecule has 2 fully saturated rings. The van der Waals surface area contributed by atoms with Crippen molar-refractivity contribution in [2.24, 2.45) is 22.9 Å². The van der Waals surface area contributed by atoms with E-state index in [0.29, 0.717) is 48.6 Å². The van der Waals surface area contributed by atoms with Gasteiger partial charge in [-0.2, -0.15) is 5.10 Å². The molecule has 1 aromatic carbocycles. The van der Waals surface area contributed by atoms with Gasteiger partial charge in [-0.15, -0.1) is 0 Å². The maximum Gasteiger partial charge on any atom is 0.271 e. The Balaban J connectivity index is 1.72. The standard InChI is InChI=1S/C21H30N2O4/c1-4-25-18-11-16(12-19(26-5-2)20(18)27-6-3)21(24)23-22-13-17-10-14-7-8-15(17)9-14/h11-15,17H,4-10H2,1-3H3,(H,23,24)/b22-13+. The van der Waals surface area contributed by atoms with Gasteiger partial charge in [-0.1, -0.05) is 6.42 Å². The maximum atomic E-state index is 12.6. The second-order valence-electron chi connectivity index (χ2n) is 7.16. The fraction of sp³-hybridized carbons (Fsp3) is 0.619. The highest BCUT2D eigenvalue weighted by atomic mass is 16.5. The number of carbonyl (C=O) groups is 1. The van der Waals surface area contributed by atoms with E-state index in [4.69, 9.17) is 14.2 Å². The number of nitrogens with zero attached hydrogens (tertiary/aromatic N) is 1. The zero-order chi connectivity index (χ0) is 19.2. The quantitative estimate of drug-likeness (QED) is 0.523. The van der Waals surface area contributed by atoms with Crippen molar-refractivity contribution < 1.29 is 19.0 Å². The number of amides is 1. The normalized spacial score (nSPS) is 23.6. The molecule has 0 saturated heterocycles. The molecule has 27 heavy (non-hydrogen) atoms. The van der Waals surface area contributed by atoms with Crippen molar-refractivity contribution in [2.45, 2.75) is 46.5 Å². The van der Waals surface area contributed by atoms with E-state index >= 15 is 0 Å². The number of fused-ring (bicyclic) bond motifs is 2. The van der Waals surface area contributed by atoms with Crippen LogP contribution in [-0.2, 0) is 0 Å². The number of ether oxygens (including phenoxy) is 3. The highest BCUT2D eigenvalue weighted by molar-refractivity contribution is 5.95. The van der Waals surface area contributed by atoms with Crippen LogP contribution >= 0.6 is 0 Å². The summed E-state index contributed by atoms with van der Waals surface area (Å²) in [6.07, 6.45) is 7.09. The molecular weight excluding hydrogens is 344 g/mol. The zero-order valence-corrected chi connectivity index (χ0v) is 16.5. The Bertz CT molecular complexity index is 662. The van der Waals surface area contributed by atoms with Gasteiger partial charge in [-0.3, -0.25) is 4.79 Å². The van der Waals surface area contributed by atoms with Crippen molar-refractivity contribution >= 4 is 12.1 Å². The third-order valence-corrected chi connectivity index (χ3v) is 5.40.